The molecule has 1 N–H and O–H groups in total. The molecule has 0 saturated heterocycles. The summed E-state index contributed by atoms with van der Waals surface area (Å²) in [5.41, 5.74) is 5.03. The van der Waals surface area contributed by atoms with Gasteiger partial charge in [-0.15, -0.1) is 0 Å². The SMILES string of the molecule is Cc1cc(C)cc(NCCCc2ccccc2Cl)c1. The Morgan fingerprint density at radius 1 is 1.00 bits per heavy atom. The lowest BCUT2D eigenvalue weighted by atomic mass is 10.1. The predicted octanol–water partition coefficient (Wildman–Crippen LogP) is 5.00. The van der Waals surface area contributed by atoms with Gasteiger partial charge in [0.2, 0.25) is 0 Å². The van der Waals surface area contributed by atoms with Crippen molar-refractivity contribution in [2.24, 2.45) is 0 Å². The third-order valence-electron chi connectivity index (χ3n) is 3.13. The molecule has 2 heteroatoms. The summed E-state index contributed by atoms with van der Waals surface area (Å²) in [5, 5.41) is 4.34. The molecule has 19 heavy (non-hydrogen) atoms. The minimum atomic E-state index is 0.869. The second-order valence-electron chi connectivity index (χ2n) is 5.00. The first-order valence-electron chi connectivity index (χ1n) is 6.71. The van der Waals surface area contributed by atoms with Gasteiger partial charge in [-0.1, -0.05) is 35.9 Å². The van der Waals surface area contributed by atoms with E-state index in [4.69, 9.17) is 11.6 Å². The third-order valence-corrected chi connectivity index (χ3v) is 3.50. The van der Waals surface area contributed by atoms with Gasteiger partial charge in [-0.05, 0) is 61.6 Å². The topological polar surface area (TPSA) is 12.0 Å². The van der Waals surface area contributed by atoms with Crippen LogP contribution in [0.25, 0.3) is 0 Å². The van der Waals surface area contributed by atoms with Crippen LogP contribution >= 0.6 is 11.6 Å². The summed E-state index contributed by atoms with van der Waals surface area (Å²) < 4.78 is 0. The van der Waals surface area contributed by atoms with E-state index in [1.807, 2.05) is 18.2 Å². The molecule has 0 aliphatic rings. The molecule has 0 saturated carbocycles. The second-order valence-corrected chi connectivity index (χ2v) is 5.41. The highest BCUT2D eigenvalue weighted by atomic mass is 35.5. The van der Waals surface area contributed by atoms with E-state index < -0.39 is 0 Å². The minimum absolute atomic E-state index is 0.869. The van der Waals surface area contributed by atoms with Crippen LogP contribution in [0.15, 0.2) is 42.5 Å². The highest BCUT2D eigenvalue weighted by Crippen LogP contribution is 2.17. The Labute approximate surface area is 120 Å². The van der Waals surface area contributed by atoms with Crippen LogP contribution in [0.4, 0.5) is 5.69 Å². The maximum Gasteiger partial charge on any atom is 0.0437 e. The van der Waals surface area contributed by atoms with Gasteiger partial charge < -0.3 is 5.32 Å². The van der Waals surface area contributed by atoms with E-state index in [0.29, 0.717) is 0 Å². The molecule has 2 rings (SSSR count). The number of anilines is 1. The predicted molar refractivity (Wildman–Crippen MR) is 84.2 cm³/mol. The zero-order valence-corrected chi connectivity index (χ0v) is 12.3. The molecule has 0 aliphatic carbocycles. The van der Waals surface area contributed by atoms with Gasteiger partial charge in [-0.25, -0.2) is 0 Å². The van der Waals surface area contributed by atoms with Crippen LogP contribution in [-0.2, 0) is 6.42 Å². The molecule has 0 amide bonds. The molecular formula is C17H20ClN. The number of rotatable bonds is 5. The van der Waals surface area contributed by atoms with E-state index in [1.165, 1.54) is 22.4 Å². The van der Waals surface area contributed by atoms with Gasteiger partial charge >= 0.3 is 0 Å². The maximum absolute atomic E-state index is 6.14. The molecule has 0 spiro atoms. The van der Waals surface area contributed by atoms with E-state index in [1.54, 1.807) is 0 Å². The summed E-state index contributed by atoms with van der Waals surface area (Å²) in [5.74, 6) is 0. The minimum Gasteiger partial charge on any atom is -0.385 e. The lowest BCUT2D eigenvalue weighted by molar-refractivity contribution is 0.863. The molecule has 0 unspecified atom stereocenters. The number of nitrogens with one attached hydrogen (secondary N) is 1. The Kier molecular flexibility index (Phi) is 4.86. The van der Waals surface area contributed by atoms with Gasteiger partial charge in [-0.3, -0.25) is 0 Å². The van der Waals surface area contributed by atoms with E-state index in [-0.39, 0.29) is 0 Å². The average Bonchev–Trinajstić information content (AvgIpc) is 2.35. The average molecular weight is 274 g/mol. The van der Waals surface area contributed by atoms with Crippen LogP contribution in [0.1, 0.15) is 23.1 Å². The second kappa shape index (κ2) is 6.63. The van der Waals surface area contributed by atoms with Crippen molar-refractivity contribution < 1.29 is 0 Å². The first-order chi connectivity index (χ1) is 9.15. The van der Waals surface area contributed by atoms with Crippen LogP contribution in [0.3, 0.4) is 0 Å². The largest absolute Gasteiger partial charge is 0.385 e. The van der Waals surface area contributed by atoms with Crippen LogP contribution < -0.4 is 5.32 Å². The smallest absolute Gasteiger partial charge is 0.0437 e. The van der Waals surface area contributed by atoms with Gasteiger partial charge in [0.1, 0.15) is 0 Å². The Morgan fingerprint density at radius 3 is 2.37 bits per heavy atom. The van der Waals surface area contributed by atoms with Gasteiger partial charge in [-0.2, -0.15) is 0 Å². The van der Waals surface area contributed by atoms with Crippen LogP contribution in [0.5, 0.6) is 0 Å². The Morgan fingerprint density at radius 2 is 1.68 bits per heavy atom. The molecular weight excluding hydrogens is 254 g/mol. The number of benzene rings is 2. The molecule has 0 aliphatic heterocycles. The number of aryl methyl sites for hydroxylation is 3. The summed E-state index contributed by atoms with van der Waals surface area (Å²) in [6.45, 7) is 5.22. The highest BCUT2D eigenvalue weighted by molar-refractivity contribution is 6.31. The van der Waals surface area contributed by atoms with Gasteiger partial charge in [0.25, 0.3) is 0 Å². The third kappa shape index (κ3) is 4.29. The molecule has 0 aromatic heterocycles. The fourth-order valence-corrected chi connectivity index (χ4v) is 2.52. The van der Waals surface area contributed by atoms with Crippen LogP contribution in [0.2, 0.25) is 5.02 Å². The molecule has 0 radical (unpaired) electrons. The lowest BCUT2D eigenvalue weighted by Crippen LogP contribution is -2.03. The van der Waals surface area contributed by atoms with Crippen molar-refractivity contribution in [2.45, 2.75) is 26.7 Å². The molecule has 2 aromatic rings. The standard InChI is InChI=1S/C17H20ClN/c1-13-10-14(2)12-16(11-13)19-9-5-7-15-6-3-4-8-17(15)18/h3-4,6,8,10-12,19H,5,7,9H2,1-2H3. The summed E-state index contributed by atoms with van der Waals surface area (Å²) >= 11 is 6.14. The van der Waals surface area contributed by atoms with Crippen molar-refractivity contribution in [3.63, 3.8) is 0 Å². The fraction of sp³-hybridized carbons (Fsp3) is 0.294. The zero-order valence-electron chi connectivity index (χ0n) is 11.5. The summed E-state index contributed by atoms with van der Waals surface area (Å²) in [6, 6.07) is 14.6. The van der Waals surface area contributed by atoms with E-state index in [2.05, 4.69) is 43.4 Å². The quantitative estimate of drug-likeness (QED) is 0.756. The Balaban J connectivity index is 1.82. The first kappa shape index (κ1) is 14.0. The summed E-state index contributed by atoms with van der Waals surface area (Å²) in [6.07, 6.45) is 2.09. The molecule has 0 heterocycles. The van der Waals surface area contributed by atoms with Gasteiger partial charge in [0.15, 0.2) is 0 Å². The molecule has 100 valence electrons. The molecule has 1 nitrogen and oxygen atoms in total. The van der Waals surface area contributed by atoms with Crippen molar-refractivity contribution in [3.8, 4) is 0 Å². The first-order valence-corrected chi connectivity index (χ1v) is 7.08. The number of halogens is 1. The Hall–Kier alpha value is -1.47. The van der Waals surface area contributed by atoms with Gasteiger partial charge in [0.05, 0.1) is 0 Å². The summed E-state index contributed by atoms with van der Waals surface area (Å²) in [4.78, 5) is 0. The van der Waals surface area contributed by atoms with Gasteiger partial charge in [0, 0.05) is 17.3 Å². The van der Waals surface area contributed by atoms with E-state index in [0.717, 1.165) is 24.4 Å². The maximum atomic E-state index is 6.14. The zero-order chi connectivity index (χ0) is 13.7. The van der Waals surface area contributed by atoms with Crippen molar-refractivity contribution >= 4 is 17.3 Å². The normalized spacial score (nSPS) is 10.5. The fourth-order valence-electron chi connectivity index (χ4n) is 2.29. The van der Waals surface area contributed by atoms with Crippen LogP contribution in [0, 0.1) is 13.8 Å². The molecule has 0 atom stereocenters. The van der Waals surface area contributed by atoms with Crippen molar-refractivity contribution in [2.75, 3.05) is 11.9 Å². The molecule has 0 fully saturated rings. The van der Waals surface area contributed by atoms with Crippen molar-refractivity contribution in [1.82, 2.24) is 0 Å². The van der Waals surface area contributed by atoms with E-state index >= 15 is 0 Å². The van der Waals surface area contributed by atoms with Crippen molar-refractivity contribution in [3.05, 3.63) is 64.2 Å². The molecule has 0 bridgehead atoms. The monoisotopic (exact) mass is 273 g/mol. The lowest BCUT2D eigenvalue weighted by Gasteiger charge is -2.09. The summed E-state index contributed by atoms with van der Waals surface area (Å²) in [7, 11) is 0. The highest BCUT2D eigenvalue weighted by Gasteiger charge is 1.99. The Bertz CT molecular complexity index is 528. The van der Waals surface area contributed by atoms with Crippen molar-refractivity contribution in [1.29, 1.82) is 0 Å². The number of hydrogen-bond acceptors (Lipinski definition) is 1. The van der Waals surface area contributed by atoms with E-state index in [9.17, 15) is 0 Å². The van der Waals surface area contributed by atoms with Crippen LogP contribution in [-0.4, -0.2) is 6.54 Å². The molecule has 2 aromatic carbocycles. The number of hydrogen-bond donors (Lipinski definition) is 1.